The van der Waals surface area contributed by atoms with Gasteiger partial charge in [-0.3, -0.25) is 4.90 Å². The molecule has 3 rings (SSSR count). The highest BCUT2D eigenvalue weighted by atomic mass is 16.5. The first-order valence-electron chi connectivity index (χ1n) is 6.35. The molecular formula is C12H19N3O2. The van der Waals surface area contributed by atoms with Crippen molar-refractivity contribution in [1.82, 2.24) is 15.2 Å². The Labute approximate surface area is 101 Å². The Hall–Kier alpha value is -0.910. The van der Waals surface area contributed by atoms with Crippen molar-refractivity contribution in [3.63, 3.8) is 0 Å². The molecule has 2 fully saturated rings. The molecule has 0 amide bonds. The van der Waals surface area contributed by atoms with Crippen molar-refractivity contribution < 1.29 is 9.15 Å². The molecule has 2 aliphatic heterocycles. The molecule has 1 aromatic heterocycles. The van der Waals surface area contributed by atoms with Crippen molar-refractivity contribution in [3.8, 4) is 0 Å². The van der Waals surface area contributed by atoms with Crippen LogP contribution in [0.4, 0.5) is 0 Å². The van der Waals surface area contributed by atoms with Crippen LogP contribution >= 0.6 is 0 Å². The number of rotatable bonds is 4. The molecule has 2 atom stereocenters. The van der Waals surface area contributed by atoms with Gasteiger partial charge < -0.3 is 14.5 Å². The summed E-state index contributed by atoms with van der Waals surface area (Å²) in [4.78, 5) is 6.44. The highest BCUT2D eigenvalue weighted by molar-refractivity contribution is 4.89. The highest BCUT2D eigenvalue weighted by Gasteiger charge is 2.31. The van der Waals surface area contributed by atoms with Crippen molar-refractivity contribution in [2.45, 2.75) is 31.5 Å². The SMILES string of the molecule is c1ncc(CNCC2CN3CCCC3CO2)o1. The molecule has 17 heavy (non-hydrogen) atoms. The zero-order chi connectivity index (χ0) is 11.5. The van der Waals surface area contributed by atoms with Gasteiger partial charge in [0, 0.05) is 19.1 Å². The van der Waals surface area contributed by atoms with Gasteiger partial charge in [0.05, 0.1) is 25.5 Å². The van der Waals surface area contributed by atoms with Crippen LogP contribution in [0.5, 0.6) is 0 Å². The van der Waals surface area contributed by atoms with Crippen LogP contribution in [-0.4, -0.2) is 48.3 Å². The lowest BCUT2D eigenvalue weighted by molar-refractivity contribution is -0.0471. The van der Waals surface area contributed by atoms with Crippen LogP contribution in [-0.2, 0) is 11.3 Å². The van der Waals surface area contributed by atoms with Gasteiger partial charge in [-0.1, -0.05) is 0 Å². The molecule has 0 bridgehead atoms. The maximum absolute atomic E-state index is 5.86. The number of fused-ring (bicyclic) bond motifs is 1. The summed E-state index contributed by atoms with van der Waals surface area (Å²) in [6.07, 6.45) is 6.14. The van der Waals surface area contributed by atoms with E-state index in [1.807, 2.05) is 0 Å². The lowest BCUT2D eigenvalue weighted by Crippen LogP contribution is -2.49. The fourth-order valence-corrected chi connectivity index (χ4v) is 2.69. The zero-order valence-corrected chi connectivity index (χ0v) is 9.97. The number of oxazole rings is 1. The minimum absolute atomic E-state index is 0.312. The van der Waals surface area contributed by atoms with Gasteiger partial charge in [0.2, 0.25) is 0 Å². The molecule has 0 saturated carbocycles. The molecule has 5 heteroatoms. The summed E-state index contributed by atoms with van der Waals surface area (Å²) in [6, 6.07) is 0.681. The van der Waals surface area contributed by atoms with Crippen LogP contribution in [0, 0.1) is 0 Å². The van der Waals surface area contributed by atoms with Crippen LogP contribution in [0.3, 0.4) is 0 Å². The summed E-state index contributed by atoms with van der Waals surface area (Å²) < 4.78 is 11.0. The normalized spacial score (nSPS) is 29.4. The summed E-state index contributed by atoms with van der Waals surface area (Å²) >= 11 is 0. The molecule has 2 unspecified atom stereocenters. The average molecular weight is 237 g/mol. The van der Waals surface area contributed by atoms with Gasteiger partial charge in [-0.05, 0) is 19.4 Å². The molecule has 3 heterocycles. The second kappa shape index (κ2) is 5.16. The van der Waals surface area contributed by atoms with E-state index in [9.17, 15) is 0 Å². The quantitative estimate of drug-likeness (QED) is 0.832. The van der Waals surface area contributed by atoms with E-state index in [0.717, 1.165) is 32.0 Å². The molecule has 2 aliphatic rings. The van der Waals surface area contributed by atoms with E-state index in [4.69, 9.17) is 9.15 Å². The third-order valence-corrected chi connectivity index (χ3v) is 3.62. The van der Waals surface area contributed by atoms with E-state index in [1.165, 1.54) is 25.8 Å². The van der Waals surface area contributed by atoms with Gasteiger partial charge in [0.25, 0.3) is 0 Å². The van der Waals surface area contributed by atoms with Crippen LogP contribution < -0.4 is 5.32 Å². The topological polar surface area (TPSA) is 50.5 Å². The van der Waals surface area contributed by atoms with Gasteiger partial charge in [-0.25, -0.2) is 4.98 Å². The van der Waals surface area contributed by atoms with E-state index in [2.05, 4.69) is 15.2 Å². The predicted molar refractivity (Wildman–Crippen MR) is 62.5 cm³/mol. The largest absolute Gasteiger partial charge is 0.447 e. The molecule has 0 radical (unpaired) electrons. The third-order valence-electron chi connectivity index (χ3n) is 3.62. The maximum atomic E-state index is 5.86. The van der Waals surface area contributed by atoms with E-state index >= 15 is 0 Å². The number of nitrogens with one attached hydrogen (secondary N) is 1. The molecule has 0 aromatic carbocycles. The Balaban J connectivity index is 1.40. The minimum atomic E-state index is 0.312. The van der Waals surface area contributed by atoms with Gasteiger partial charge in [0.1, 0.15) is 5.76 Å². The number of aromatic nitrogens is 1. The molecule has 5 nitrogen and oxygen atoms in total. The van der Waals surface area contributed by atoms with Crippen LogP contribution in [0.25, 0.3) is 0 Å². The molecular weight excluding hydrogens is 218 g/mol. The molecule has 0 spiro atoms. The first-order chi connectivity index (χ1) is 8.42. The van der Waals surface area contributed by atoms with Crippen molar-refractivity contribution in [2.75, 3.05) is 26.2 Å². The van der Waals surface area contributed by atoms with Gasteiger partial charge in [-0.2, -0.15) is 0 Å². The Bertz CT molecular complexity index is 342. The number of morpholine rings is 1. The average Bonchev–Trinajstić information content (AvgIpc) is 2.98. The summed E-state index contributed by atoms with van der Waals surface area (Å²) in [7, 11) is 0. The molecule has 0 aliphatic carbocycles. The lowest BCUT2D eigenvalue weighted by Gasteiger charge is -2.35. The standard InChI is InChI=1S/C12H19N3O2/c1-2-10-8-16-12(7-15(10)3-1)6-13-4-11-5-14-9-17-11/h5,9-10,12-13H,1-4,6-8H2. The van der Waals surface area contributed by atoms with E-state index in [0.29, 0.717) is 12.1 Å². The summed E-state index contributed by atoms with van der Waals surface area (Å²) in [5.74, 6) is 0.875. The maximum Gasteiger partial charge on any atom is 0.180 e. The number of hydrogen-bond acceptors (Lipinski definition) is 5. The molecule has 94 valence electrons. The van der Waals surface area contributed by atoms with Crippen LogP contribution in [0.15, 0.2) is 17.0 Å². The Morgan fingerprint density at radius 2 is 2.53 bits per heavy atom. The Morgan fingerprint density at radius 1 is 1.53 bits per heavy atom. The third kappa shape index (κ3) is 2.68. The summed E-state index contributed by atoms with van der Waals surface area (Å²) in [5, 5.41) is 3.35. The summed E-state index contributed by atoms with van der Waals surface area (Å²) in [5.41, 5.74) is 0. The number of ether oxygens (including phenoxy) is 1. The first kappa shape index (κ1) is 11.2. The number of nitrogens with zero attached hydrogens (tertiary/aromatic N) is 2. The fraction of sp³-hybridized carbons (Fsp3) is 0.750. The fourth-order valence-electron chi connectivity index (χ4n) is 2.69. The monoisotopic (exact) mass is 237 g/mol. The Kier molecular flexibility index (Phi) is 3.40. The Morgan fingerprint density at radius 3 is 3.41 bits per heavy atom. The van der Waals surface area contributed by atoms with Gasteiger partial charge in [0.15, 0.2) is 6.39 Å². The molecule has 1 aromatic rings. The predicted octanol–water partition coefficient (Wildman–Crippen LogP) is 0.627. The smallest absolute Gasteiger partial charge is 0.180 e. The van der Waals surface area contributed by atoms with Crippen molar-refractivity contribution in [3.05, 3.63) is 18.4 Å². The van der Waals surface area contributed by atoms with E-state index in [1.54, 1.807) is 6.20 Å². The van der Waals surface area contributed by atoms with Gasteiger partial charge >= 0.3 is 0 Å². The van der Waals surface area contributed by atoms with Gasteiger partial charge in [-0.15, -0.1) is 0 Å². The lowest BCUT2D eigenvalue weighted by atomic mass is 10.2. The minimum Gasteiger partial charge on any atom is -0.447 e. The number of hydrogen-bond donors (Lipinski definition) is 1. The second-order valence-electron chi connectivity index (χ2n) is 4.84. The van der Waals surface area contributed by atoms with Crippen LogP contribution in [0.1, 0.15) is 18.6 Å². The molecule has 1 N–H and O–H groups in total. The van der Waals surface area contributed by atoms with Crippen molar-refractivity contribution in [1.29, 1.82) is 0 Å². The zero-order valence-electron chi connectivity index (χ0n) is 9.97. The van der Waals surface area contributed by atoms with E-state index in [-0.39, 0.29) is 0 Å². The summed E-state index contributed by atoms with van der Waals surface area (Å²) in [6.45, 7) is 4.81. The van der Waals surface area contributed by atoms with Crippen molar-refractivity contribution >= 4 is 0 Å². The first-order valence-corrected chi connectivity index (χ1v) is 6.35. The molecule has 2 saturated heterocycles. The van der Waals surface area contributed by atoms with Crippen molar-refractivity contribution in [2.24, 2.45) is 0 Å². The van der Waals surface area contributed by atoms with Crippen LogP contribution in [0.2, 0.25) is 0 Å². The highest BCUT2D eigenvalue weighted by Crippen LogP contribution is 2.22. The second-order valence-corrected chi connectivity index (χ2v) is 4.84. The van der Waals surface area contributed by atoms with E-state index < -0.39 is 0 Å².